The lowest BCUT2D eigenvalue weighted by atomic mass is 9.72. The topological polar surface area (TPSA) is 52.6 Å². The number of esters is 2. The zero-order valence-electron chi connectivity index (χ0n) is 10.3. The van der Waals surface area contributed by atoms with Gasteiger partial charge in [0.2, 0.25) is 0 Å². The summed E-state index contributed by atoms with van der Waals surface area (Å²) >= 11 is 0. The van der Waals surface area contributed by atoms with Crippen LogP contribution in [0.1, 0.15) is 26.2 Å². The lowest BCUT2D eigenvalue weighted by molar-refractivity contribution is -0.158. The standard InChI is InChI=1S/C14H16O4/c1-6-5-14(2,18-12(6)15)10-7-3-8-9(4-7)13(16)17-11(8)10/h7-11H,1,3-5H2,2H3. The van der Waals surface area contributed by atoms with Gasteiger partial charge in [-0.2, -0.15) is 0 Å². The van der Waals surface area contributed by atoms with Crippen molar-refractivity contribution in [2.75, 3.05) is 0 Å². The van der Waals surface area contributed by atoms with Gasteiger partial charge < -0.3 is 9.47 Å². The summed E-state index contributed by atoms with van der Waals surface area (Å²) in [5.74, 6) is 0.758. The zero-order valence-corrected chi connectivity index (χ0v) is 10.3. The van der Waals surface area contributed by atoms with Crippen LogP contribution in [0.2, 0.25) is 0 Å². The van der Waals surface area contributed by atoms with E-state index in [0.29, 0.717) is 23.8 Å². The van der Waals surface area contributed by atoms with E-state index in [-0.39, 0.29) is 29.9 Å². The summed E-state index contributed by atoms with van der Waals surface area (Å²) in [5.41, 5.74) is 0.0227. The van der Waals surface area contributed by atoms with Gasteiger partial charge in [-0.25, -0.2) is 4.79 Å². The highest BCUT2D eigenvalue weighted by atomic mass is 16.6. The Bertz CT molecular complexity index is 464. The third-order valence-corrected chi connectivity index (χ3v) is 5.37. The van der Waals surface area contributed by atoms with Crippen LogP contribution in [0.15, 0.2) is 12.2 Å². The summed E-state index contributed by atoms with van der Waals surface area (Å²) in [6.07, 6.45) is 2.48. The van der Waals surface area contributed by atoms with Crippen LogP contribution in [0.5, 0.6) is 0 Å². The number of rotatable bonds is 1. The van der Waals surface area contributed by atoms with Crippen LogP contribution in [0.4, 0.5) is 0 Å². The van der Waals surface area contributed by atoms with Crippen molar-refractivity contribution in [3.63, 3.8) is 0 Å². The molecule has 4 heteroatoms. The first kappa shape index (κ1) is 10.6. The molecule has 4 fully saturated rings. The molecule has 0 aromatic rings. The van der Waals surface area contributed by atoms with Gasteiger partial charge in [-0.1, -0.05) is 6.58 Å². The summed E-state index contributed by atoms with van der Waals surface area (Å²) < 4.78 is 11.1. The number of ether oxygens (including phenoxy) is 2. The molecule has 2 aliphatic carbocycles. The normalized spacial score (nSPS) is 52.9. The maximum absolute atomic E-state index is 11.7. The maximum atomic E-state index is 11.7. The summed E-state index contributed by atoms with van der Waals surface area (Å²) in [7, 11) is 0. The van der Waals surface area contributed by atoms with E-state index >= 15 is 0 Å². The highest BCUT2D eigenvalue weighted by Crippen LogP contribution is 2.62. The van der Waals surface area contributed by atoms with Gasteiger partial charge in [0.15, 0.2) is 0 Å². The summed E-state index contributed by atoms with van der Waals surface area (Å²) in [5, 5.41) is 0. The van der Waals surface area contributed by atoms with Gasteiger partial charge in [0.1, 0.15) is 11.7 Å². The number of hydrogen-bond acceptors (Lipinski definition) is 4. The molecule has 0 radical (unpaired) electrons. The smallest absolute Gasteiger partial charge is 0.334 e. The minimum absolute atomic E-state index is 0.0371. The summed E-state index contributed by atoms with van der Waals surface area (Å²) in [6, 6.07) is 0. The molecule has 4 rings (SSSR count). The van der Waals surface area contributed by atoms with Crippen LogP contribution in [-0.4, -0.2) is 23.6 Å². The molecular weight excluding hydrogens is 232 g/mol. The molecule has 4 aliphatic rings. The van der Waals surface area contributed by atoms with Crippen LogP contribution in [-0.2, 0) is 19.1 Å². The monoisotopic (exact) mass is 248 g/mol. The van der Waals surface area contributed by atoms with Gasteiger partial charge in [-0.15, -0.1) is 0 Å². The molecule has 0 aromatic heterocycles. The molecule has 96 valence electrons. The van der Waals surface area contributed by atoms with E-state index < -0.39 is 5.60 Å². The number of hydrogen-bond donors (Lipinski definition) is 0. The molecule has 4 nitrogen and oxygen atoms in total. The molecule has 6 unspecified atom stereocenters. The predicted molar refractivity (Wildman–Crippen MR) is 61.3 cm³/mol. The average Bonchev–Trinajstić information content (AvgIpc) is 2.93. The van der Waals surface area contributed by atoms with E-state index in [1.54, 1.807) is 0 Å². The highest BCUT2D eigenvalue weighted by molar-refractivity contribution is 5.90. The van der Waals surface area contributed by atoms with Crippen molar-refractivity contribution in [1.82, 2.24) is 0 Å². The SMILES string of the molecule is C=C1CC(C)(C2C3CC4C(=O)OC2C4C3)OC1=O. The first-order valence-electron chi connectivity index (χ1n) is 6.61. The van der Waals surface area contributed by atoms with E-state index in [9.17, 15) is 9.59 Å². The second-order valence-corrected chi connectivity index (χ2v) is 6.41. The van der Waals surface area contributed by atoms with E-state index in [0.717, 1.165) is 12.8 Å². The Balaban J connectivity index is 1.69. The Kier molecular flexibility index (Phi) is 1.75. The first-order valence-corrected chi connectivity index (χ1v) is 6.61. The third-order valence-electron chi connectivity index (χ3n) is 5.37. The number of carbonyl (C=O) groups excluding carboxylic acids is 2. The van der Waals surface area contributed by atoms with Crippen molar-refractivity contribution in [3.8, 4) is 0 Å². The molecule has 2 saturated carbocycles. The molecule has 0 amide bonds. The molecule has 2 bridgehead atoms. The van der Waals surface area contributed by atoms with Gasteiger partial charge in [0, 0.05) is 23.8 Å². The molecule has 6 atom stereocenters. The van der Waals surface area contributed by atoms with Gasteiger partial charge in [-0.3, -0.25) is 4.79 Å². The van der Waals surface area contributed by atoms with Gasteiger partial charge >= 0.3 is 11.9 Å². The van der Waals surface area contributed by atoms with Crippen molar-refractivity contribution >= 4 is 11.9 Å². The molecule has 0 spiro atoms. The van der Waals surface area contributed by atoms with Gasteiger partial charge in [-0.05, 0) is 25.7 Å². The fraction of sp³-hybridized carbons (Fsp3) is 0.714. The fourth-order valence-electron chi connectivity index (χ4n) is 4.80. The van der Waals surface area contributed by atoms with E-state index in [4.69, 9.17) is 9.47 Å². The quantitative estimate of drug-likeness (QED) is 0.520. The van der Waals surface area contributed by atoms with E-state index in [1.807, 2.05) is 6.92 Å². The lowest BCUT2D eigenvalue weighted by Crippen LogP contribution is -2.44. The minimum atomic E-state index is -0.520. The first-order chi connectivity index (χ1) is 8.49. The summed E-state index contributed by atoms with van der Waals surface area (Å²) in [6.45, 7) is 5.73. The Morgan fingerprint density at radius 3 is 2.78 bits per heavy atom. The Hall–Kier alpha value is -1.32. The Labute approximate surface area is 105 Å². The minimum Gasteiger partial charge on any atom is -0.461 e. The Morgan fingerprint density at radius 1 is 1.33 bits per heavy atom. The van der Waals surface area contributed by atoms with E-state index in [1.165, 1.54) is 0 Å². The maximum Gasteiger partial charge on any atom is 0.334 e. The third kappa shape index (κ3) is 1.07. The van der Waals surface area contributed by atoms with Crippen molar-refractivity contribution in [3.05, 3.63) is 12.2 Å². The second-order valence-electron chi connectivity index (χ2n) is 6.41. The van der Waals surface area contributed by atoms with Crippen molar-refractivity contribution < 1.29 is 19.1 Å². The molecule has 0 N–H and O–H groups in total. The zero-order chi connectivity index (χ0) is 12.7. The molecule has 18 heavy (non-hydrogen) atoms. The van der Waals surface area contributed by atoms with Crippen molar-refractivity contribution in [2.45, 2.75) is 37.9 Å². The van der Waals surface area contributed by atoms with Crippen LogP contribution in [0.25, 0.3) is 0 Å². The fourth-order valence-corrected chi connectivity index (χ4v) is 4.80. The molecule has 0 aromatic carbocycles. The van der Waals surface area contributed by atoms with Crippen LogP contribution in [0, 0.1) is 23.7 Å². The largest absolute Gasteiger partial charge is 0.461 e. The predicted octanol–water partition coefficient (Wildman–Crippen LogP) is 1.45. The van der Waals surface area contributed by atoms with Gasteiger partial charge in [0.25, 0.3) is 0 Å². The van der Waals surface area contributed by atoms with Crippen LogP contribution < -0.4 is 0 Å². The molecule has 2 heterocycles. The van der Waals surface area contributed by atoms with Crippen molar-refractivity contribution in [1.29, 1.82) is 0 Å². The van der Waals surface area contributed by atoms with Crippen molar-refractivity contribution in [2.24, 2.45) is 23.7 Å². The summed E-state index contributed by atoms with van der Waals surface area (Å²) in [4.78, 5) is 23.3. The number of cyclic esters (lactones) is 1. The van der Waals surface area contributed by atoms with Gasteiger partial charge in [0.05, 0.1) is 5.92 Å². The Morgan fingerprint density at radius 2 is 2.11 bits per heavy atom. The lowest BCUT2D eigenvalue weighted by Gasteiger charge is -2.37. The van der Waals surface area contributed by atoms with Crippen LogP contribution >= 0.6 is 0 Å². The van der Waals surface area contributed by atoms with Crippen LogP contribution in [0.3, 0.4) is 0 Å². The molecule has 2 aliphatic heterocycles. The highest BCUT2D eigenvalue weighted by Gasteiger charge is 2.67. The van der Waals surface area contributed by atoms with E-state index in [2.05, 4.69) is 6.58 Å². The molecular formula is C14H16O4. The average molecular weight is 248 g/mol. The number of carbonyl (C=O) groups is 2. The number of fused-ring (bicyclic) bond motifs is 1. The molecule has 2 saturated heterocycles. The second kappa shape index (κ2) is 2.98.